The summed E-state index contributed by atoms with van der Waals surface area (Å²) in [6.45, 7) is 4.90. The Morgan fingerprint density at radius 2 is 1.82 bits per heavy atom. The van der Waals surface area contributed by atoms with E-state index in [0.717, 1.165) is 17.8 Å². The van der Waals surface area contributed by atoms with Crippen molar-refractivity contribution in [2.45, 2.75) is 51.0 Å². The average Bonchev–Trinajstić information content (AvgIpc) is 3.56. The Morgan fingerprint density at radius 1 is 1.03 bits per heavy atom. The predicted octanol–water partition coefficient (Wildman–Crippen LogP) is 5.32. The van der Waals surface area contributed by atoms with Crippen molar-refractivity contribution in [2.24, 2.45) is 0 Å². The first-order valence-corrected chi connectivity index (χ1v) is 11.9. The first-order valence-electron chi connectivity index (χ1n) is 11.6. The molecule has 1 saturated carbocycles. The van der Waals surface area contributed by atoms with Crippen LogP contribution in [0.5, 0.6) is 0 Å². The Labute approximate surface area is 201 Å². The van der Waals surface area contributed by atoms with Gasteiger partial charge in [0.1, 0.15) is 22.9 Å². The van der Waals surface area contributed by atoms with Gasteiger partial charge in [-0.05, 0) is 56.9 Å². The van der Waals surface area contributed by atoms with Gasteiger partial charge in [-0.15, -0.1) is 0 Å². The van der Waals surface area contributed by atoms with Gasteiger partial charge in [0.05, 0.1) is 36.8 Å². The second-order valence-electron chi connectivity index (χ2n) is 9.27. The van der Waals surface area contributed by atoms with Gasteiger partial charge < -0.3 is 4.74 Å². The molecule has 2 aliphatic rings. The van der Waals surface area contributed by atoms with E-state index in [2.05, 4.69) is 25.9 Å². The number of ether oxygens (including phenoxy) is 1. The van der Waals surface area contributed by atoms with Crippen molar-refractivity contribution in [2.75, 3.05) is 13.2 Å². The Balaban J connectivity index is 1.41. The highest BCUT2D eigenvalue weighted by Crippen LogP contribution is 2.38. The molecule has 7 nitrogen and oxygen atoms in total. The largest absolute Gasteiger partial charge is 0.380 e. The summed E-state index contributed by atoms with van der Waals surface area (Å²) in [5.41, 5.74) is 4.40. The quantitative estimate of drug-likeness (QED) is 0.395. The summed E-state index contributed by atoms with van der Waals surface area (Å²) in [4.78, 5) is 18.9. The summed E-state index contributed by atoms with van der Waals surface area (Å²) < 4.78 is 23.0. The maximum absolute atomic E-state index is 14.9. The molecule has 34 heavy (non-hydrogen) atoms. The molecule has 1 aromatic carbocycles. The summed E-state index contributed by atoms with van der Waals surface area (Å²) in [5, 5.41) is 4.87. The lowest BCUT2D eigenvalue weighted by atomic mass is 9.88. The molecule has 3 aromatic heterocycles. The number of halogens is 2. The van der Waals surface area contributed by atoms with Gasteiger partial charge >= 0.3 is 0 Å². The van der Waals surface area contributed by atoms with E-state index in [9.17, 15) is 4.39 Å². The molecule has 0 radical (unpaired) electrons. The number of rotatable bonds is 4. The van der Waals surface area contributed by atoms with Crippen LogP contribution in [0.15, 0.2) is 30.6 Å². The molecule has 1 saturated heterocycles. The smallest absolute Gasteiger partial charge is 0.182 e. The molecule has 4 heterocycles. The van der Waals surface area contributed by atoms with E-state index in [-0.39, 0.29) is 11.8 Å². The average molecular weight is 479 g/mol. The lowest BCUT2D eigenvalue weighted by Gasteiger charge is -2.28. The minimum absolute atomic E-state index is 0.0510. The van der Waals surface area contributed by atoms with Crippen molar-refractivity contribution in [1.29, 1.82) is 0 Å². The standard InChI is InChI=1S/C25H24ClFN6O/c1-13-14(2)30-25-23(29-13)22(20-6-3-18(26)8-21(20)27)31-24(32-25)16-7-15(11-34-12-16)17-9-28-33(10-17)19-4-5-19/h3,6,8-10,15-16,19H,4-5,7,11-12H2,1-2H3/t15-,16-/m0/s1. The first-order chi connectivity index (χ1) is 16.5. The van der Waals surface area contributed by atoms with Crippen LogP contribution in [0.1, 0.15) is 59.9 Å². The lowest BCUT2D eigenvalue weighted by Crippen LogP contribution is -2.24. The monoisotopic (exact) mass is 478 g/mol. The van der Waals surface area contributed by atoms with Gasteiger partial charge in [0.25, 0.3) is 0 Å². The summed E-state index contributed by atoms with van der Waals surface area (Å²) >= 11 is 6.00. The SMILES string of the molecule is Cc1nc2nc([C@@H]3COC[C@@H](c4cnn(C5CC5)c4)C3)nc(-c3ccc(Cl)cc3F)c2nc1C. The minimum atomic E-state index is -0.455. The zero-order valence-electron chi connectivity index (χ0n) is 19.0. The fourth-order valence-corrected chi connectivity index (χ4v) is 4.69. The summed E-state index contributed by atoms with van der Waals surface area (Å²) in [5.74, 6) is 0.287. The second kappa shape index (κ2) is 8.36. The Bertz CT molecular complexity index is 1400. The number of hydrogen-bond donors (Lipinski definition) is 0. The van der Waals surface area contributed by atoms with Crippen LogP contribution in [0.3, 0.4) is 0 Å². The molecule has 0 bridgehead atoms. The molecule has 0 amide bonds. The molecular weight excluding hydrogens is 455 g/mol. The van der Waals surface area contributed by atoms with Crippen molar-refractivity contribution < 1.29 is 9.13 Å². The third-order valence-electron chi connectivity index (χ3n) is 6.73. The van der Waals surface area contributed by atoms with Crippen molar-refractivity contribution in [3.63, 3.8) is 0 Å². The number of fused-ring (bicyclic) bond motifs is 1. The van der Waals surface area contributed by atoms with Crippen LogP contribution in [-0.4, -0.2) is 42.9 Å². The van der Waals surface area contributed by atoms with Crippen LogP contribution in [-0.2, 0) is 4.74 Å². The Kier molecular flexibility index (Phi) is 5.30. The molecule has 2 atom stereocenters. The van der Waals surface area contributed by atoms with E-state index in [1.807, 2.05) is 20.0 Å². The molecule has 6 rings (SSSR count). The van der Waals surface area contributed by atoms with Gasteiger partial charge in [-0.1, -0.05) is 11.6 Å². The molecule has 1 aliphatic carbocycles. The molecule has 2 fully saturated rings. The Hall–Kier alpha value is -2.97. The van der Waals surface area contributed by atoms with Crippen LogP contribution in [0.25, 0.3) is 22.4 Å². The summed E-state index contributed by atoms with van der Waals surface area (Å²) in [6, 6.07) is 5.11. The van der Waals surface area contributed by atoms with E-state index in [1.54, 1.807) is 12.1 Å². The highest BCUT2D eigenvalue weighted by atomic mass is 35.5. The maximum Gasteiger partial charge on any atom is 0.182 e. The minimum Gasteiger partial charge on any atom is -0.380 e. The van der Waals surface area contributed by atoms with E-state index in [0.29, 0.717) is 52.5 Å². The van der Waals surface area contributed by atoms with Crippen LogP contribution in [0.4, 0.5) is 4.39 Å². The van der Waals surface area contributed by atoms with Crippen LogP contribution in [0.2, 0.25) is 5.02 Å². The highest BCUT2D eigenvalue weighted by Gasteiger charge is 2.31. The number of hydrogen-bond acceptors (Lipinski definition) is 6. The van der Waals surface area contributed by atoms with E-state index in [4.69, 9.17) is 26.3 Å². The second-order valence-corrected chi connectivity index (χ2v) is 9.71. The number of aryl methyl sites for hydroxylation is 2. The topological polar surface area (TPSA) is 78.6 Å². The van der Waals surface area contributed by atoms with Gasteiger partial charge in [-0.2, -0.15) is 5.10 Å². The van der Waals surface area contributed by atoms with Crippen molar-refractivity contribution >= 4 is 22.8 Å². The number of aromatic nitrogens is 6. The Morgan fingerprint density at radius 3 is 2.62 bits per heavy atom. The van der Waals surface area contributed by atoms with Gasteiger partial charge in [0.2, 0.25) is 0 Å². The zero-order chi connectivity index (χ0) is 23.4. The van der Waals surface area contributed by atoms with Crippen molar-refractivity contribution in [3.05, 3.63) is 64.2 Å². The molecule has 174 valence electrons. The lowest BCUT2D eigenvalue weighted by molar-refractivity contribution is 0.0620. The van der Waals surface area contributed by atoms with Crippen LogP contribution in [0, 0.1) is 19.7 Å². The van der Waals surface area contributed by atoms with Crippen molar-refractivity contribution in [3.8, 4) is 11.3 Å². The molecule has 4 aromatic rings. The number of benzene rings is 1. The van der Waals surface area contributed by atoms with Gasteiger partial charge in [0.15, 0.2) is 5.65 Å². The molecule has 1 aliphatic heterocycles. The third-order valence-corrected chi connectivity index (χ3v) is 6.97. The van der Waals surface area contributed by atoms with Crippen LogP contribution < -0.4 is 0 Å². The predicted molar refractivity (Wildman–Crippen MR) is 126 cm³/mol. The molecule has 0 unspecified atom stereocenters. The van der Waals surface area contributed by atoms with E-state index < -0.39 is 5.82 Å². The van der Waals surface area contributed by atoms with E-state index in [1.165, 1.54) is 24.5 Å². The van der Waals surface area contributed by atoms with Crippen LogP contribution >= 0.6 is 11.6 Å². The normalized spacial score (nSPS) is 20.7. The fraction of sp³-hybridized carbons (Fsp3) is 0.400. The van der Waals surface area contributed by atoms with Gasteiger partial charge in [-0.3, -0.25) is 4.68 Å². The first kappa shape index (κ1) is 21.6. The fourth-order valence-electron chi connectivity index (χ4n) is 4.53. The van der Waals surface area contributed by atoms with Gasteiger partial charge in [-0.25, -0.2) is 24.3 Å². The highest BCUT2D eigenvalue weighted by molar-refractivity contribution is 6.30. The molecule has 0 spiro atoms. The molecule has 9 heteroatoms. The zero-order valence-corrected chi connectivity index (χ0v) is 19.8. The van der Waals surface area contributed by atoms with E-state index >= 15 is 0 Å². The maximum atomic E-state index is 14.9. The summed E-state index contributed by atoms with van der Waals surface area (Å²) in [6.07, 6.45) is 7.30. The third kappa shape index (κ3) is 3.95. The summed E-state index contributed by atoms with van der Waals surface area (Å²) in [7, 11) is 0. The number of nitrogens with zero attached hydrogens (tertiary/aromatic N) is 6. The van der Waals surface area contributed by atoms with Crippen molar-refractivity contribution in [1.82, 2.24) is 29.7 Å². The molecule has 0 N–H and O–H groups in total. The van der Waals surface area contributed by atoms with Gasteiger partial charge in [0, 0.05) is 28.6 Å². The molecular formula is C25H24ClFN6O.